The molecule has 2 rings (SSSR count). The molecule has 0 unspecified atom stereocenters. The first-order valence-electron chi connectivity index (χ1n) is 5.68. The summed E-state index contributed by atoms with van der Waals surface area (Å²) in [5.41, 5.74) is 0.450. The van der Waals surface area contributed by atoms with Gasteiger partial charge in [0.05, 0.1) is 17.5 Å². The van der Waals surface area contributed by atoms with Gasteiger partial charge in [0.1, 0.15) is 11.9 Å². The third-order valence-corrected chi connectivity index (χ3v) is 3.21. The van der Waals surface area contributed by atoms with Crippen LogP contribution >= 0.6 is 0 Å². The first-order chi connectivity index (χ1) is 8.49. The lowest BCUT2D eigenvalue weighted by Crippen LogP contribution is -2.27. The van der Waals surface area contributed by atoms with E-state index in [0.717, 1.165) is 0 Å². The summed E-state index contributed by atoms with van der Waals surface area (Å²) < 4.78 is 26.1. The van der Waals surface area contributed by atoms with Crippen molar-refractivity contribution in [3.8, 4) is 0 Å². The third-order valence-electron chi connectivity index (χ3n) is 3.21. The highest BCUT2D eigenvalue weighted by Gasteiger charge is 2.29. The van der Waals surface area contributed by atoms with Gasteiger partial charge in [-0.25, -0.2) is 8.78 Å². The summed E-state index contributed by atoms with van der Waals surface area (Å²) in [5.74, 6) is 0. The maximum Gasteiger partial charge on any atom is 0.309 e. The maximum atomic E-state index is 12.3. The lowest BCUT2D eigenvalue weighted by Gasteiger charge is -2.15. The van der Waals surface area contributed by atoms with E-state index in [9.17, 15) is 18.9 Å². The number of nitro groups is 1. The summed E-state index contributed by atoms with van der Waals surface area (Å²) >= 11 is 0. The van der Waals surface area contributed by atoms with Crippen LogP contribution in [0.2, 0.25) is 0 Å². The van der Waals surface area contributed by atoms with Crippen molar-refractivity contribution < 1.29 is 13.7 Å². The average molecular weight is 260 g/mol. The predicted octanol–water partition coefficient (Wildman–Crippen LogP) is 1.61. The Hall–Kier alpha value is -1.57. The van der Waals surface area contributed by atoms with Gasteiger partial charge in [-0.2, -0.15) is 5.10 Å². The number of likely N-dealkylation sites (tertiary alicyclic amines) is 1. The van der Waals surface area contributed by atoms with Crippen molar-refractivity contribution in [3.05, 3.63) is 22.0 Å². The van der Waals surface area contributed by atoms with Gasteiger partial charge in [-0.05, 0) is 13.3 Å². The summed E-state index contributed by atoms with van der Waals surface area (Å²) in [4.78, 5) is 11.9. The molecular formula is C10H14F2N4O2. The van der Waals surface area contributed by atoms with E-state index < -0.39 is 11.3 Å². The van der Waals surface area contributed by atoms with Crippen molar-refractivity contribution in [2.75, 3.05) is 19.6 Å². The van der Waals surface area contributed by atoms with Crippen LogP contribution in [0.5, 0.6) is 0 Å². The van der Waals surface area contributed by atoms with E-state index in [1.165, 1.54) is 6.20 Å². The highest BCUT2D eigenvalue weighted by Crippen LogP contribution is 2.26. The minimum Gasteiger partial charge on any atom is -0.296 e. The standard InChI is InChI=1S/C10H14F2N4O2/c1-7-9(16(17)18)4-13-15(7)8-2-3-14(5-8)6-10(11)12/h4,8,10H,2-3,5-6H2,1H3/t8-/m1/s1. The Morgan fingerprint density at radius 1 is 1.67 bits per heavy atom. The maximum absolute atomic E-state index is 12.3. The first kappa shape index (κ1) is 12.9. The molecule has 8 heteroatoms. The molecule has 1 aromatic rings. The molecule has 1 saturated heterocycles. The number of aromatic nitrogens is 2. The molecular weight excluding hydrogens is 246 g/mol. The topological polar surface area (TPSA) is 64.2 Å². The Bertz CT molecular complexity index is 449. The molecule has 2 heterocycles. The van der Waals surface area contributed by atoms with Crippen LogP contribution in [0.1, 0.15) is 18.2 Å². The van der Waals surface area contributed by atoms with Gasteiger partial charge in [0, 0.05) is 13.1 Å². The van der Waals surface area contributed by atoms with Crippen LogP contribution in [0, 0.1) is 17.0 Å². The minimum absolute atomic E-state index is 0.0256. The molecule has 6 nitrogen and oxygen atoms in total. The molecule has 1 atom stereocenters. The second-order valence-electron chi connectivity index (χ2n) is 4.41. The number of hydrogen-bond acceptors (Lipinski definition) is 4. The lowest BCUT2D eigenvalue weighted by molar-refractivity contribution is -0.385. The molecule has 1 aromatic heterocycles. The van der Waals surface area contributed by atoms with Gasteiger partial charge in [-0.3, -0.25) is 19.7 Å². The highest BCUT2D eigenvalue weighted by molar-refractivity contribution is 5.32. The molecule has 100 valence electrons. The van der Waals surface area contributed by atoms with Gasteiger partial charge in [-0.1, -0.05) is 0 Å². The Morgan fingerprint density at radius 3 is 2.94 bits per heavy atom. The van der Waals surface area contributed by atoms with Gasteiger partial charge in [0.15, 0.2) is 0 Å². The smallest absolute Gasteiger partial charge is 0.296 e. The predicted molar refractivity (Wildman–Crippen MR) is 59.7 cm³/mol. The molecule has 0 aliphatic carbocycles. The van der Waals surface area contributed by atoms with Crippen LogP contribution < -0.4 is 0 Å². The Balaban J connectivity index is 2.08. The Morgan fingerprint density at radius 2 is 2.39 bits per heavy atom. The summed E-state index contributed by atoms with van der Waals surface area (Å²) in [5, 5.41) is 14.7. The summed E-state index contributed by atoms with van der Waals surface area (Å²) in [6.07, 6.45) is -0.450. The molecule has 0 amide bonds. The Kier molecular flexibility index (Phi) is 3.55. The molecule has 0 radical (unpaired) electrons. The monoisotopic (exact) mass is 260 g/mol. The van der Waals surface area contributed by atoms with Gasteiger partial charge >= 0.3 is 5.69 Å². The molecule has 0 bridgehead atoms. The molecule has 1 fully saturated rings. The van der Waals surface area contributed by atoms with E-state index in [4.69, 9.17) is 0 Å². The fourth-order valence-electron chi connectivity index (χ4n) is 2.33. The second kappa shape index (κ2) is 4.97. The van der Waals surface area contributed by atoms with E-state index in [-0.39, 0.29) is 18.3 Å². The summed E-state index contributed by atoms with van der Waals surface area (Å²) in [7, 11) is 0. The first-order valence-corrected chi connectivity index (χ1v) is 5.68. The quantitative estimate of drug-likeness (QED) is 0.609. The second-order valence-corrected chi connectivity index (χ2v) is 4.41. The normalized spacial score (nSPS) is 20.8. The zero-order valence-corrected chi connectivity index (χ0v) is 9.92. The number of halogens is 2. The van der Waals surface area contributed by atoms with Gasteiger partial charge < -0.3 is 0 Å². The molecule has 18 heavy (non-hydrogen) atoms. The largest absolute Gasteiger partial charge is 0.309 e. The van der Waals surface area contributed by atoms with Crippen LogP contribution in [-0.4, -0.2) is 45.7 Å². The number of nitrogens with zero attached hydrogens (tertiary/aromatic N) is 4. The van der Waals surface area contributed by atoms with Crippen molar-refractivity contribution in [2.45, 2.75) is 25.8 Å². The van der Waals surface area contributed by atoms with Crippen LogP contribution in [0.4, 0.5) is 14.5 Å². The molecule has 1 aliphatic rings. The van der Waals surface area contributed by atoms with Gasteiger partial charge in [0.25, 0.3) is 6.43 Å². The van der Waals surface area contributed by atoms with Crippen molar-refractivity contribution in [3.63, 3.8) is 0 Å². The van der Waals surface area contributed by atoms with Gasteiger partial charge in [-0.15, -0.1) is 0 Å². The van der Waals surface area contributed by atoms with Crippen LogP contribution in [0.3, 0.4) is 0 Å². The third kappa shape index (κ3) is 2.47. The minimum atomic E-state index is -2.35. The van der Waals surface area contributed by atoms with Gasteiger partial charge in [0.2, 0.25) is 0 Å². The Labute approximate surface area is 102 Å². The molecule has 0 spiro atoms. The van der Waals surface area contributed by atoms with E-state index >= 15 is 0 Å². The van der Waals surface area contributed by atoms with E-state index in [1.54, 1.807) is 16.5 Å². The van der Waals surface area contributed by atoms with E-state index in [1.807, 2.05) is 0 Å². The fourth-order valence-corrected chi connectivity index (χ4v) is 2.33. The zero-order chi connectivity index (χ0) is 13.3. The lowest BCUT2D eigenvalue weighted by atomic mass is 10.2. The highest BCUT2D eigenvalue weighted by atomic mass is 19.3. The average Bonchev–Trinajstić information content (AvgIpc) is 2.83. The fraction of sp³-hybridized carbons (Fsp3) is 0.700. The van der Waals surface area contributed by atoms with Crippen molar-refractivity contribution in [1.29, 1.82) is 0 Å². The molecule has 0 aromatic carbocycles. The van der Waals surface area contributed by atoms with Crippen molar-refractivity contribution in [2.24, 2.45) is 0 Å². The zero-order valence-electron chi connectivity index (χ0n) is 9.92. The number of alkyl halides is 2. The van der Waals surface area contributed by atoms with Crippen LogP contribution in [-0.2, 0) is 0 Å². The number of rotatable bonds is 4. The van der Waals surface area contributed by atoms with Crippen molar-refractivity contribution in [1.82, 2.24) is 14.7 Å². The SMILES string of the molecule is Cc1c([N+](=O)[O-])cnn1[C@@H]1CCN(CC(F)F)C1. The van der Waals surface area contributed by atoms with Crippen LogP contribution in [0.25, 0.3) is 0 Å². The van der Waals surface area contributed by atoms with E-state index in [2.05, 4.69) is 5.10 Å². The molecule has 0 saturated carbocycles. The molecule has 0 N–H and O–H groups in total. The van der Waals surface area contributed by atoms with E-state index in [0.29, 0.717) is 25.2 Å². The summed E-state index contributed by atoms with van der Waals surface area (Å²) in [6.45, 7) is 2.41. The number of hydrogen-bond donors (Lipinski definition) is 0. The van der Waals surface area contributed by atoms with Crippen LogP contribution in [0.15, 0.2) is 6.20 Å². The van der Waals surface area contributed by atoms with Crippen molar-refractivity contribution >= 4 is 5.69 Å². The molecule has 1 aliphatic heterocycles. The summed E-state index contributed by atoms with van der Waals surface area (Å²) in [6, 6.07) is -0.0579.